The number of morpholine rings is 1. The van der Waals surface area contributed by atoms with E-state index in [4.69, 9.17) is 9.15 Å². The fraction of sp³-hybridized carbons (Fsp3) is 0.500. The number of amides is 2. The Bertz CT molecular complexity index is 454. The first-order valence-electron chi connectivity index (χ1n) is 6.06. The summed E-state index contributed by atoms with van der Waals surface area (Å²) in [6.07, 6.45) is 0.285. The van der Waals surface area contributed by atoms with Crippen molar-refractivity contribution in [1.82, 2.24) is 10.2 Å². The average molecular weight is 331 g/mol. The van der Waals surface area contributed by atoms with Crippen LogP contribution in [0.4, 0.5) is 0 Å². The molecule has 19 heavy (non-hydrogen) atoms. The molecule has 0 bridgehead atoms. The second-order valence-electron chi connectivity index (χ2n) is 4.10. The fourth-order valence-electron chi connectivity index (χ4n) is 1.78. The molecule has 0 spiro atoms. The highest BCUT2D eigenvalue weighted by Crippen LogP contribution is 2.13. The van der Waals surface area contributed by atoms with Crippen LogP contribution in [0.2, 0.25) is 0 Å². The first-order chi connectivity index (χ1) is 9.16. The zero-order valence-electron chi connectivity index (χ0n) is 10.4. The van der Waals surface area contributed by atoms with E-state index in [1.807, 2.05) is 0 Å². The number of hydrogen-bond donors (Lipinski definition) is 1. The van der Waals surface area contributed by atoms with Crippen molar-refractivity contribution in [2.45, 2.75) is 6.42 Å². The summed E-state index contributed by atoms with van der Waals surface area (Å²) in [5.74, 6) is -0.0598. The summed E-state index contributed by atoms with van der Waals surface area (Å²) in [6.45, 7) is 2.71. The Balaban J connectivity index is 1.71. The van der Waals surface area contributed by atoms with Crippen LogP contribution in [0.25, 0.3) is 0 Å². The molecule has 2 amide bonds. The van der Waals surface area contributed by atoms with Gasteiger partial charge in [-0.25, -0.2) is 0 Å². The average Bonchev–Trinajstić information content (AvgIpc) is 2.86. The van der Waals surface area contributed by atoms with E-state index in [-0.39, 0.29) is 24.0 Å². The highest BCUT2D eigenvalue weighted by molar-refractivity contribution is 9.10. The number of ether oxygens (including phenoxy) is 1. The maximum absolute atomic E-state index is 11.8. The van der Waals surface area contributed by atoms with E-state index in [9.17, 15) is 9.59 Å². The molecule has 2 rings (SSSR count). The van der Waals surface area contributed by atoms with Gasteiger partial charge in [-0.2, -0.15) is 0 Å². The summed E-state index contributed by atoms with van der Waals surface area (Å²) in [5.41, 5.74) is 0. The number of hydrogen-bond acceptors (Lipinski definition) is 4. The molecule has 1 aromatic heterocycles. The number of nitrogens with one attached hydrogen (secondary N) is 1. The van der Waals surface area contributed by atoms with Gasteiger partial charge in [0.25, 0.3) is 5.91 Å². The first-order valence-corrected chi connectivity index (χ1v) is 6.85. The molecule has 1 N–H and O–H groups in total. The number of halogens is 1. The van der Waals surface area contributed by atoms with Crippen LogP contribution in [-0.4, -0.2) is 49.6 Å². The van der Waals surface area contributed by atoms with E-state index in [1.54, 1.807) is 17.0 Å². The lowest BCUT2D eigenvalue weighted by molar-refractivity contribution is -0.135. The Hall–Kier alpha value is -1.34. The lowest BCUT2D eigenvalue weighted by Gasteiger charge is -2.26. The molecule has 1 aromatic rings. The van der Waals surface area contributed by atoms with Crippen LogP contribution in [0.15, 0.2) is 21.2 Å². The van der Waals surface area contributed by atoms with Crippen LogP contribution < -0.4 is 5.32 Å². The van der Waals surface area contributed by atoms with Gasteiger partial charge >= 0.3 is 0 Å². The highest BCUT2D eigenvalue weighted by atomic mass is 79.9. The molecule has 1 aliphatic heterocycles. The van der Waals surface area contributed by atoms with Gasteiger partial charge in [-0.05, 0) is 28.1 Å². The van der Waals surface area contributed by atoms with Gasteiger partial charge in [-0.3, -0.25) is 9.59 Å². The molecule has 1 saturated heterocycles. The third kappa shape index (κ3) is 4.07. The van der Waals surface area contributed by atoms with Gasteiger partial charge in [0.2, 0.25) is 5.91 Å². The molecule has 0 unspecified atom stereocenters. The van der Waals surface area contributed by atoms with Crippen molar-refractivity contribution < 1.29 is 18.7 Å². The maximum Gasteiger partial charge on any atom is 0.287 e. The zero-order chi connectivity index (χ0) is 13.7. The molecule has 0 aliphatic carbocycles. The maximum atomic E-state index is 11.8. The Morgan fingerprint density at radius 3 is 2.68 bits per heavy atom. The Morgan fingerprint density at radius 1 is 1.32 bits per heavy atom. The minimum absolute atomic E-state index is 0.0317. The van der Waals surface area contributed by atoms with Gasteiger partial charge in [0.05, 0.1) is 13.2 Å². The third-order valence-electron chi connectivity index (χ3n) is 2.79. The lowest BCUT2D eigenvalue weighted by atomic mass is 10.3. The molecule has 7 heteroatoms. The van der Waals surface area contributed by atoms with Crippen molar-refractivity contribution in [3.05, 3.63) is 22.6 Å². The molecule has 0 atom stereocenters. The molecule has 1 aliphatic rings. The van der Waals surface area contributed by atoms with Gasteiger partial charge in [0.15, 0.2) is 10.4 Å². The van der Waals surface area contributed by atoms with Crippen LogP contribution in [0.5, 0.6) is 0 Å². The molecular weight excluding hydrogens is 316 g/mol. The molecule has 2 heterocycles. The van der Waals surface area contributed by atoms with Gasteiger partial charge < -0.3 is 19.4 Å². The van der Waals surface area contributed by atoms with Gasteiger partial charge in [0, 0.05) is 26.1 Å². The lowest BCUT2D eigenvalue weighted by Crippen LogP contribution is -2.42. The minimum Gasteiger partial charge on any atom is -0.444 e. The molecule has 6 nitrogen and oxygen atoms in total. The third-order valence-corrected chi connectivity index (χ3v) is 3.21. The monoisotopic (exact) mass is 330 g/mol. The van der Waals surface area contributed by atoms with Crippen LogP contribution in [-0.2, 0) is 9.53 Å². The van der Waals surface area contributed by atoms with Gasteiger partial charge in [-0.1, -0.05) is 0 Å². The summed E-state index contributed by atoms with van der Waals surface area (Å²) in [5, 5.41) is 2.65. The van der Waals surface area contributed by atoms with Gasteiger partial charge in [-0.15, -0.1) is 0 Å². The predicted molar refractivity (Wildman–Crippen MR) is 70.8 cm³/mol. The molecule has 104 valence electrons. The van der Waals surface area contributed by atoms with E-state index >= 15 is 0 Å². The summed E-state index contributed by atoms with van der Waals surface area (Å²) >= 11 is 3.12. The molecular formula is C12H15BrN2O4. The van der Waals surface area contributed by atoms with Crippen molar-refractivity contribution in [1.29, 1.82) is 0 Å². The minimum atomic E-state index is -0.319. The number of nitrogens with zero attached hydrogens (tertiary/aromatic N) is 1. The van der Waals surface area contributed by atoms with E-state index < -0.39 is 0 Å². The molecule has 0 saturated carbocycles. The van der Waals surface area contributed by atoms with Crippen molar-refractivity contribution >= 4 is 27.7 Å². The Morgan fingerprint density at radius 2 is 2.05 bits per heavy atom. The summed E-state index contributed by atoms with van der Waals surface area (Å²) < 4.78 is 10.8. The number of rotatable bonds is 4. The van der Waals surface area contributed by atoms with Crippen molar-refractivity contribution in [2.24, 2.45) is 0 Å². The Labute approximate surface area is 119 Å². The van der Waals surface area contributed by atoms with Crippen LogP contribution in [0.1, 0.15) is 17.0 Å². The van der Waals surface area contributed by atoms with Gasteiger partial charge in [0.1, 0.15) is 0 Å². The normalized spacial score (nSPS) is 15.3. The van der Waals surface area contributed by atoms with E-state index in [1.165, 1.54) is 0 Å². The first kappa shape index (κ1) is 14.1. The van der Waals surface area contributed by atoms with Crippen LogP contribution in [0.3, 0.4) is 0 Å². The van der Waals surface area contributed by atoms with Crippen LogP contribution >= 0.6 is 15.9 Å². The predicted octanol–water partition coefficient (Wildman–Crippen LogP) is 1.02. The topological polar surface area (TPSA) is 71.8 Å². The summed E-state index contributed by atoms with van der Waals surface area (Å²) in [4.78, 5) is 25.2. The molecule has 0 aromatic carbocycles. The van der Waals surface area contributed by atoms with E-state index in [2.05, 4.69) is 21.2 Å². The zero-order valence-corrected chi connectivity index (χ0v) is 11.9. The second-order valence-corrected chi connectivity index (χ2v) is 4.88. The molecule has 0 radical (unpaired) electrons. The number of carbonyl (C=O) groups is 2. The SMILES string of the molecule is O=C(NCCC(=O)N1CCOCC1)c1ccc(Br)o1. The van der Waals surface area contributed by atoms with Crippen molar-refractivity contribution in [2.75, 3.05) is 32.8 Å². The number of carbonyl (C=O) groups excluding carboxylic acids is 2. The standard InChI is InChI=1S/C12H15BrN2O4/c13-10-2-1-9(19-10)12(17)14-4-3-11(16)15-5-7-18-8-6-15/h1-2H,3-8H2,(H,14,17). The summed E-state index contributed by atoms with van der Waals surface area (Å²) in [6, 6.07) is 3.22. The van der Waals surface area contributed by atoms with Crippen molar-refractivity contribution in [3.63, 3.8) is 0 Å². The fourth-order valence-corrected chi connectivity index (χ4v) is 2.08. The Kier molecular flexibility index (Phi) is 4.98. The molecule has 1 fully saturated rings. The van der Waals surface area contributed by atoms with Crippen LogP contribution in [0, 0.1) is 0 Å². The summed E-state index contributed by atoms with van der Waals surface area (Å²) in [7, 11) is 0. The quantitative estimate of drug-likeness (QED) is 0.894. The highest BCUT2D eigenvalue weighted by Gasteiger charge is 2.17. The largest absolute Gasteiger partial charge is 0.444 e. The second kappa shape index (κ2) is 6.72. The number of furan rings is 1. The van der Waals surface area contributed by atoms with Crippen molar-refractivity contribution in [3.8, 4) is 0 Å². The van der Waals surface area contributed by atoms with E-state index in [0.717, 1.165) is 0 Å². The van der Waals surface area contributed by atoms with E-state index in [0.29, 0.717) is 37.5 Å². The smallest absolute Gasteiger partial charge is 0.287 e.